The molecule has 0 fully saturated rings. The Balaban J connectivity index is 1.16. The first-order valence-electron chi connectivity index (χ1n) is 18.0. The van der Waals surface area contributed by atoms with Gasteiger partial charge in [-0.3, -0.25) is 14.0 Å². The first-order chi connectivity index (χ1) is 26.8. The number of fused-ring (bicyclic) bond motifs is 12. The largest absolute Gasteiger partial charge is 0.307 e. The summed E-state index contributed by atoms with van der Waals surface area (Å²) in [5.41, 5.74) is 12.4. The van der Waals surface area contributed by atoms with E-state index in [1.54, 1.807) is 11.3 Å². The number of pyridine rings is 2. The minimum absolute atomic E-state index is 0.811. The maximum absolute atomic E-state index is 5.57. The third-order valence-electron chi connectivity index (χ3n) is 10.8. The molecule has 252 valence electrons. The van der Waals surface area contributed by atoms with E-state index in [2.05, 4.69) is 165 Å². The van der Waals surface area contributed by atoms with Crippen molar-refractivity contribution in [3.8, 4) is 33.8 Å². The van der Waals surface area contributed by atoms with E-state index >= 15 is 0 Å². The molecule has 7 heteroatoms. The molecule has 6 heterocycles. The molecule has 0 aliphatic rings. The molecule has 0 atom stereocenters. The van der Waals surface area contributed by atoms with Crippen LogP contribution in [0.2, 0.25) is 0 Å². The highest BCUT2D eigenvalue weighted by Crippen LogP contribution is 2.44. The van der Waals surface area contributed by atoms with E-state index in [1.165, 1.54) is 30.9 Å². The molecule has 0 aliphatic heterocycles. The van der Waals surface area contributed by atoms with Crippen LogP contribution in [0.25, 0.3) is 104 Å². The van der Waals surface area contributed by atoms with Crippen molar-refractivity contribution in [2.24, 2.45) is 0 Å². The molecule has 12 aromatic rings. The minimum atomic E-state index is 0.811. The van der Waals surface area contributed by atoms with Crippen LogP contribution in [-0.2, 0) is 0 Å². The Kier molecular flexibility index (Phi) is 6.12. The molecule has 0 aliphatic carbocycles. The number of rotatable bonds is 4. The van der Waals surface area contributed by atoms with E-state index < -0.39 is 0 Å². The Labute approximate surface area is 312 Å². The average Bonchev–Trinajstić information content (AvgIpc) is 3.98. The summed E-state index contributed by atoms with van der Waals surface area (Å²) in [5, 5.41) is 4.87. The number of benzene rings is 6. The summed E-state index contributed by atoms with van der Waals surface area (Å²) >= 11 is 1.81. The SMILES string of the molecule is c1ccc(-n2c3ccccc3c3ccc4c(nc5n(-c6ccccc6-c6ccccc6-c6nccc7c6sc6ccccc67)c6cccnc6n45)c32)cc1. The molecule has 6 nitrogen and oxygen atoms in total. The molecule has 0 amide bonds. The number of para-hydroxylation sites is 3. The third-order valence-corrected chi connectivity index (χ3v) is 12.0. The van der Waals surface area contributed by atoms with Crippen molar-refractivity contribution in [1.82, 2.24) is 28.5 Å². The second kappa shape index (κ2) is 11.2. The van der Waals surface area contributed by atoms with Gasteiger partial charge in [0.2, 0.25) is 5.78 Å². The van der Waals surface area contributed by atoms with E-state index in [9.17, 15) is 0 Å². The second-order valence-electron chi connectivity index (χ2n) is 13.6. The van der Waals surface area contributed by atoms with Crippen LogP contribution >= 0.6 is 11.3 Å². The van der Waals surface area contributed by atoms with Crippen molar-refractivity contribution in [3.05, 3.63) is 170 Å². The fourth-order valence-corrected chi connectivity index (χ4v) is 9.73. The summed E-state index contributed by atoms with van der Waals surface area (Å²) in [7, 11) is 0. The zero-order valence-electron chi connectivity index (χ0n) is 28.8. The van der Waals surface area contributed by atoms with Crippen LogP contribution in [0.4, 0.5) is 0 Å². The van der Waals surface area contributed by atoms with Crippen LogP contribution in [0.5, 0.6) is 0 Å². The molecule has 54 heavy (non-hydrogen) atoms. The fourth-order valence-electron chi connectivity index (χ4n) is 8.53. The van der Waals surface area contributed by atoms with Gasteiger partial charge in [-0.05, 0) is 66.2 Å². The number of hydrogen-bond donors (Lipinski definition) is 0. The summed E-state index contributed by atoms with van der Waals surface area (Å²) < 4.78 is 9.31. The maximum Gasteiger partial charge on any atom is 0.222 e. The number of hydrogen-bond acceptors (Lipinski definition) is 4. The third kappa shape index (κ3) is 4.01. The predicted octanol–water partition coefficient (Wildman–Crippen LogP) is 12.0. The highest BCUT2D eigenvalue weighted by atomic mass is 32.1. The van der Waals surface area contributed by atoms with E-state index in [0.29, 0.717) is 0 Å². The first-order valence-corrected chi connectivity index (χ1v) is 18.9. The minimum Gasteiger partial charge on any atom is -0.307 e. The van der Waals surface area contributed by atoms with Crippen LogP contribution in [-0.4, -0.2) is 28.5 Å². The molecule has 0 unspecified atom stereocenters. The van der Waals surface area contributed by atoms with Gasteiger partial charge in [0, 0.05) is 55.5 Å². The van der Waals surface area contributed by atoms with Crippen LogP contribution in [0.3, 0.4) is 0 Å². The molecule has 0 radical (unpaired) electrons. The molecule has 0 N–H and O–H groups in total. The Bertz CT molecular complexity index is 3460. The number of nitrogens with zero attached hydrogens (tertiary/aromatic N) is 6. The lowest BCUT2D eigenvalue weighted by Crippen LogP contribution is -1.99. The number of imidazole rings is 2. The van der Waals surface area contributed by atoms with Gasteiger partial charge >= 0.3 is 0 Å². The maximum atomic E-state index is 5.57. The molecule has 0 spiro atoms. The number of thiophene rings is 1. The van der Waals surface area contributed by atoms with E-state index in [1.807, 2.05) is 18.5 Å². The van der Waals surface area contributed by atoms with Crippen molar-refractivity contribution < 1.29 is 0 Å². The summed E-state index contributed by atoms with van der Waals surface area (Å²) in [6, 6.07) is 55.9. The van der Waals surface area contributed by atoms with Gasteiger partial charge in [0.1, 0.15) is 5.52 Å². The van der Waals surface area contributed by atoms with Gasteiger partial charge in [0.05, 0.1) is 38.1 Å². The lowest BCUT2D eigenvalue weighted by molar-refractivity contribution is 1.11. The summed E-state index contributed by atoms with van der Waals surface area (Å²) in [6.07, 6.45) is 3.82. The van der Waals surface area contributed by atoms with E-state index in [-0.39, 0.29) is 0 Å². The highest BCUT2D eigenvalue weighted by Gasteiger charge is 2.25. The Hall–Kier alpha value is -7.09. The van der Waals surface area contributed by atoms with Crippen LogP contribution in [0, 0.1) is 0 Å². The van der Waals surface area contributed by atoms with Gasteiger partial charge in [0.15, 0.2) is 5.65 Å². The van der Waals surface area contributed by atoms with Crippen LogP contribution in [0.15, 0.2) is 170 Å². The molecule has 12 rings (SSSR count). The average molecular weight is 709 g/mol. The van der Waals surface area contributed by atoms with Gasteiger partial charge in [-0.15, -0.1) is 11.3 Å². The quantitative estimate of drug-likeness (QED) is 0.183. The fraction of sp³-hybridized carbons (Fsp3) is 0. The lowest BCUT2D eigenvalue weighted by atomic mass is 9.95. The molecule has 0 saturated heterocycles. The van der Waals surface area contributed by atoms with Gasteiger partial charge in [0.25, 0.3) is 0 Å². The number of aromatic nitrogens is 6. The van der Waals surface area contributed by atoms with Gasteiger partial charge in [-0.25, -0.2) is 9.97 Å². The zero-order chi connectivity index (χ0) is 35.3. The standard InChI is InChI=1S/C47H28N6S/c1-2-13-29(14-3-1)51-37-20-9-7-17-32(37)35-24-25-39-43(44(35)51)50-47-52(40-22-12-27-49-46(40)53(39)47)38-21-10-6-16-31(38)30-15-4-5-19-34(30)42-45-36(26-28-48-42)33-18-8-11-23-41(33)54-45/h1-28H. The van der Waals surface area contributed by atoms with Crippen molar-refractivity contribution in [1.29, 1.82) is 0 Å². The monoisotopic (exact) mass is 708 g/mol. The van der Waals surface area contributed by atoms with E-state index in [4.69, 9.17) is 15.0 Å². The smallest absolute Gasteiger partial charge is 0.222 e. The van der Waals surface area contributed by atoms with Gasteiger partial charge < -0.3 is 4.57 Å². The predicted molar refractivity (Wildman–Crippen MR) is 223 cm³/mol. The molecular weight excluding hydrogens is 681 g/mol. The molecule has 6 aromatic heterocycles. The topological polar surface area (TPSA) is 52.9 Å². The Morgan fingerprint density at radius 1 is 0.463 bits per heavy atom. The highest BCUT2D eigenvalue weighted by molar-refractivity contribution is 7.26. The van der Waals surface area contributed by atoms with Crippen molar-refractivity contribution >= 4 is 81.3 Å². The van der Waals surface area contributed by atoms with Gasteiger partial charge in [-0.2, -0.15) is 0 Å². The van der Waals surface area contributed by atoms with Crippen molar-refractivity contribution in [2.45, 2.75) is 0 Å². The Morgan fingerprint density at radius 3 is 2.11 bits per heavy atom. The van der Waals surface area contributed by atoms with Crippen LogP contribution < -0.4 is 0 Å². The van der Waals surface area contributed by atoms with Gasteiger partial charge in [-0.1, -0.05) is 97.1 Å². The first kappa shape index (κ1) is 29.5. The molecular formula is C47H28N6S. The summed E-state index contributed by atoms with van der Waals surface area (Å²) in [5.74, 6) is 0.811. The Morgan fingerprint density at radius 2 is 1.20 bits per heavy atom. The lowest BCUT2D eigenvalue weighted by Gasteiger charge is -2.15. The van der Waals surface area contributed by atoms with Crippen molar-refractivity contribution in [2.75, 3.05) is 0 Å². The molecule has 6 aromatic carbocycles. The van der Waals surface area contributed by atoms with Crippen LogP contribution in [0.1, 0.15) is 0 Å². The normalized spacial score (nSPS) is 12.1. The molecule has 0 bridgehead atoms. The summed E-state index contributed by atoms with van der Waals surface area (Å²) in [4.78, 5) is 15.6. The zero-order valence-corrected chi connectivity index (χ0v) is 29.6. The van der Waals surface area contributed by atoms with Crippen molar-refractivity contribution in [3.63, 3.8) is 0 Å². The molecule has 0 saturated carbocycles. The summed E-state index contributed by atoms with van der Waals surface area (Å²) in [6.45, 7) is 0. The van der Waals surface area contributed by atoms with E-state index in [0.717, 1.165) is 72.8 Å². The second-order valence-corrected chi connectivity index (χ2v) is 14.7.